The van der Waals surface area contributed by atoms with Crippen molar-refractivity contribution in [1.82, 2.24) is 10.4 Å². The molecule has 37 heavy (non-hydrogen) atoms. The SMILES string of the molecule is Cc1ccc2cc(/C=N\NC(=O)CN(c3ccc(C)c(C)c3)S(=O)(=O)c3ccc(Cl)cc3)c(Cl)nc2c1. The quantitative estimate of drug-likeness (QED) is 0.177. The first-order valence-corrected chi connectivity index (χ1v) is 13.5. The fourth-order valence-corrected chi connectivity index (χ4v) is 5.36. The van der Waals surface area contributed by atoms with E-state index in [0.29, 0.717) is 16.3 Å². The molecule has 7 nitrogen and oxygen atoms in total. The number of hydrogen-bond acceptors (Lipinski definition) is 5. The summed E-state index contributed by atoms with van der Waals surface area (Å²) in [4.78, 5) is 17.2. The molecule has 0 saturated carbocycles. The lowest BCUT2D eigenvalue weighted by Crippen LogP contribution is -2.39. The van der Waals surface area contributed by atoms with Gasteiger partial charge >= 0.3 is 0 Å². The van der Waals surface area contributed by atoms with Crippen LogP contribution in [0, 0.1) is 20.8 Å². The summed E-state index contributed by atoms with van der Waals surface area (Å²) in [7, 11) is -4.08. The van der Waals surface area contributed by atoms with Crippen LogP contribution in [-0.4, -0.2) is 32.1 Å². The van der Waals surface area contributed by atoms with Gasteiger partial charge in [-0.15, -0.1) is 0 Å². The van der Waals surface area contributed by atoms with Crippen LogP contribution in [0.3, 0.4) is 0 Å². The van der Waals surface area contributed by atoms with Gasteiger partial charge in [0.15, 0.2) is 0 Å². The van der Waals surface area contributed by atoms with Gasteiger partial charge in [-0.2, -0.15) is 5.10 Å². The minimum Gasteiger partial charge on any atom is -0.271 e. The molecule has 0 aliphatic rings. The number of hydrazone groups is 1. The number of amides is 1. The number of pyridine rings is 1. The van der Waals surface area contributed by atoms with E-state index in [2.05, 4.69) is 15.5 Å². The maximum absolute atomic E-state index is 13.5. The van der Waals surface area contributed by atoms with Crippen LogP contribution in [0.2, 0.25) is 10.2 Å². The van der Waals surface area contributed by atoms with Crippen molar-refractivity contribution < 1.29 is 13.2 Å². The number of anilines is 1. The fraction of sp³-hybridized carbons (Fsp3) is 0.148. The van der Waals surface area contributed by atoms with E-state index in [4.69, 9.17) is 23.2 Å². The number of carbonyl (C=O) groups excluding carboxylic acids is 1. The molecule has 0 aliphatic carbocycles. The Labute approximate surface area is 225 Å². The number of aryl methyl sites for hydroxylation is 3. The number of sulfonamides is 1. The fourth-order valence-electron chi connectivity index (χ4n) is 3.63. The molecule has 4 rings (SSSR count). The van der Waals surface area contributed by atoms with Crippen molar-refractivity contribution in [3.8, 4) is 0 Å². The summed E-state index contributed by atoms with van der Waals surface area (Å²) in [5.74, 6) is -0.632. The van der Waals surface area contributed by atoms with Crippen LogP contribution in [0.25, 0.3) is 10.9 Å². The van der Waals surface area contributed by atoms with Crippen molar-refractivity contribution in [3.05, 3.63) is 99.2 Å². The molecular formula is C27H24Cl2N4O3S. The average Bonchev–Trinajstić information content (AvgIpc) is 2.85. The molecule has 1 N–H and O–H groups in total. The Morgan fingerprint density at radius 2 is 1.70 bits per heavy atom. The van der Waals surface area contributed by atoms with E-state index in [-0.39, 0.29) is 10.0 Å². The molecule has 0 bridgehead atoms. The monoisotopic (exact) mass is 554 g/mol. The molecule has 1 aromatic heterocycles. The predicted octanol–water partition coefficient (Wildman–Crippen LogP) is 5.81. The zero-order valence-electron chi connectivity index (χ0n) is 20.4. The summed E-state index contributed by atoms with van der Waals surface area (Å²) in [6.07, 6.45) is 1.38. The topological polar surface area (TPSA) is 91.7 Å². The highest BCUT2D eigenvalue weighted by Crippen LogP contribution is 2.26. The lowest BCUT2D eigenvalue weighted by atomic mass is 10.1. The second-order valence-corrected chi connectivity index (χ2v) is 11.2. The van der Waals surface area contributed by atoms with Crippen LogP contribution in [0.15, 0.2) is 76.7 Å². The van der Waals surface area contributed by atoms with Gasteiger partial charge in [-0.1, -0.05) is 41.4 Å². The number of nitrogens with one attached hydrogen (secondary N) is 1. The Balaban J connectivity index is 1.58. The summed E-state index contributed by atoms with van der Waals surface area (Å²) in [6, 6.07) is 18.6. The summed E-state index contributed by atoms with van der Waals surface area (Å²) < 4.78 is 28.0. The maximum atomic E-state index is 13.5. The van der Waals surface area contributed by atoms with E-state index in [1.54, 1.807) is 18.2 Å². The van der Waals surface area contributed by atoms with Gasteiger partial charge in [0.2, 0.25) is 0 Å². The van der Waals surface area contributed by atoms with Gasteiger partial charge in [0.05, 0.1) is 22.3 Å². The van der Waals surface area contributed by atoms with Crippen LogP contribution in [0.5, 0.6) is 0 Å². The Morgan fingerprint density at radius 1 is 0.973 bits per heavy atom. The van der Waals surface area contributed by atoms with Crippen LogP contribution in [-0.2, 0) is 14.8 Å². The van der Waals surface area contributed by atoms with Gasteiger partial charge in [-0.25, -0.2) is 18.8 Å². The number of rotatable bonds is 7. The van der Waals surface area contributed by atoms with Gasteiger partial charge < -0.3 is 0 Å². The lowest BCUT2D eigenvalue weighted by Gasteiger charge is -2.24. The predicted molar refractivity (Wildman–Crippen MR) is 149 cm³/mol. The Kier molecular flexibility index (Phi) is 7.82. The molecule has 0 unspecified atom stereocenters. The maximum Gasteiger partial charge on any atom is 0.264 e. The average molecular weight is 555 g/mol. The molecule has 10 heteroatoms. The van der Waals surface area contributed by atoms with Crippen molar-refractivity contribution in [1.29, 1.82) is 0 Å². The molecule has 4 aromatic rings. The molecular weight excluding hydrogens is 531 g/mol. The van der Waals surface area contributed by atoms with Gasteiger partial charge in [-0.05, 0) is 86.0 Å². The first kappa shape index (κ1) is 26.6. The van der Waals surface area contributed by atoms with Gasteiger partial charge in [-0.3, -0.25) is 9.10 Å². The molecule has 3 aromatic carbocycles. The first-order valence-electron chi connectivity index (χ1n) is 11.3. The number of aromatic nitrogens is 1. The van der Waals surface area contributed by atoms with Crippen molar-refractivity contribution in [2.75, 3.05) is 10.8 Å². The second-order valence-electron chi connectivity index (χ2n) is 8.59. The zero-order chi connectivity index (χ0) is 26.7. The van der Waals surface area contributed by atoms with Crippen LogP contribution < -0.4 is 9.73 Å². The third-order valence-corrected chi connectivity index (χ3v) is 8.16. The van der Waals surface area contributed by atoms with E-state index in [9.17, 15) is 13.2 Å². The van der Waals surface area contributed by atoms with E-state index in [0.717, 1.165) is 31.9 Å². The molecule has 0 radical (unpaired) electrons. The minimum atomic E-state index is -4.08. The molecule has 0 aliphatic heterocycles. The molecule has 0 spiro atoms. The van der Waals surface area contributed by atoms with E-state index in [1.807, 2.05) is 45.0 Å². The summed E-state index contributed by atoms with van der Waals surface area (Å²) in [5.41, 5.74) is 6.96. The smallest absolute Gasteiger partial charge is 0.264 e. The number of halogens is 2. The number of hydrogen-bond donors (Lipinski definition) is 1. The van der Waals surface area contributed by atoms with Crippen LogP contribution in [0.1, 0.15) is 22.3 Å². The number of nitrogens with zero attached hydrogens (tertiary/aromatic N) is 3. The van der Waals surface area contributed by atoms with Crippen molar-refractivity contribution >= 4 is 61.9 Å². The Hall–Kier alpha value is -3.46. The third-order valence-electron chi connectivity index (χ3n) is 5.81. The molecule has 0 saturated heterocycles. The largest absolute Gasteiger partial charge is 0.271 e. The standard InChI is InChI=1S/C27H24Cl2N4O3S/c1-17-4-6-20-14-21(27(29)31-25(20)12-17)15-30-32-26(34)16-33(23-9-5-18(2)19(3)13-23)37(35,36)24-10-7-22(28)8-11-24/h4-15H,16H2,1-3H3,(H,32,34)/b30-15-. The van der Waals surface area contributed by atoms with Crippen LogP contribution in [0.4, 0.5) is 5.69 Å². The molecule has 1 heterocycles. The summed E-state index contributed by atoms with van der Waals surface area (Å²) >= 11 is 12.2. The highest BCUT2D eigenvalue weighted by Gasteiger charge is 2.27. The number of benzene rings is 3. The Bertz CT molecular complexity index is 1620. The van der Waals surface area contributed by atoms with Gasteiger partial charge in [0.1, 0.15) is 11.7 Å². The molecule has 1 amide bonds. The highest BCUT2D eigenvalue weighted by molar-refractivity contribution is 7.92. The van der Waals surface area contributed by atoms with Crippen molar-refractivity contribution in [2.24, 2.45) is 5.10 Å². The lowest BCUT2D eigenvalue weighted by molar-refractivity contribution is -0.119. The Morgan fingerprint density at radius 3 is 2.41 bits per heavy atom. The zero-order valence-corrected chi connectivity index (χ0v) is 22.7. The van der Waals surface area contributed by atoms with Crippen molar-refractivity contribution in [2.45, 2.75) is 25.7 Å². The highest BCUT2D eigenvalue weighted by atomic mass is 35.5. The first-order chi connectivity index (χ1) is 17.5. The van der Waals surface area contributed by atoms with Gasteiger partial charge in [0, 0.05) is 16.0 Å². The van der Waals surface area contributed by atoms with Gasteiger partial charge in [0.25, 0.3) is 15.9 Å². The summed E-state index contributed by atoms with van der Waals surface area (Å²) in [6.45, 7) is 5.27. The third kappa shape index (κ3) is 6.10. The minimum absolute atomic E-state index is 0.00989. The molecule has 0 atom stereocenters. The number of fused-ring (bicyclic) bond motifs is 1. The van der Waals surface area contributed by atoms with Crippen LogP contribution >= 0.6 is 23.2 Å². The van der Waals surface area contributed by atoms with E-state index < -0.39 is 22.5 Å². The van der Waals surface area contributed by atoms with E-state index in [1.165, 1.54) is 30.5 Å². The normalized spacial score (nSPS) is 11.7. The molecule has 0 fully saturated rings. The van der Waals surface area contributed by atoms with E-state index >= 15 is 0 Å². The summed E-state index contributed by atoms with van der Waals surface area (Å²) in [5, 5.41) is 5.49. The molecule has 190 valence electrons. The van der Waals surface area contributed by atoms with Crippen molar-refractivity contribution in [3.63, 3.8) is 0 Å². The number of carbonyl (C=O) groups is 1. The second kappa shape index (κ2) is 10.9.